The first-order valence-electron chi connectivity index (χ1n) is 8.85. The Morgan fingerprint density at radius 2 is 1.93 bits per heavy atom. The standard InChI is InChI=1S/C20H22N2O5S/c1-4-26-17-10-6-7-14-12-18(27-19(14)17)13(2)22-20(23)15-8-5-9-16(11-15)28(24,25)21-3/h5-13,21H,4H2,1-3H3,(H,22,23)/t13-/m0/s1. The van der Waals surface area contributed by atoms with Crippen LogP contribution < -0.4 is 14.8 Å². The molecule has 1 atom stereocenters. The third kappa shape index (κ3) is 4.02. The van der Waals surface area contributed by atoms with E-state index >= 15 is 0 Å². The van der Waals surface area contributed by atoms with Crippen LogP contribution in [0, 0.1) is 0 Å². The van der Waals surface area contributed by atoms with Gasteiger partial charge >= 0.3 is 0 Å². The smallest absolute Gasteiger partial charge is 0.251 e. The summed E-state index contributed by atoms with van der Waals surface area (Å²) in [6.07, 6.45) is 0. The molecule has 0 unspecified atom stereocenters. The van der Waals surface area contributed by atoms with E-state index in [1.165, 1.54) is 25.2 Å². The first-order valence-corrected chi connectivity index (χ1v) is 10.3. The van der Waals surface area contributed by atoms with Gasteiger partial charge in [-0.2, -0.15) is 0 Å². The fourth-order valence-corrected chi connectivity index (χ4v) is 3.59. The lowest BCUT2D eigenvalue weighted by Crippen LogP contribution is -2.27. The molecule has 1 aromatic heterocycles. The van der Waals surface area contributed by atoms with Gasteiger partial charge in [0.2, 0.25) is 10.0 Å². The number of hydrogen-bond acceptors (Lipinski definition) is 5. The molecule has 0 aliphatic rings. The highest BCUT2D eigenvalue weighted by Gasteiger charge is 2.19. The van der Waals surface area contributed by atoms with E-state index in [1.54, 1.807) is 13.0 Å². The summed E-state index contributed by atoms with van der Waals surface area (Å²) < 4.78 is 37.6. The lowest BCUT2D eigenvalue weighted by Gasteiger charge is -2.12. The van der Waals surface area contributed by atoms with Gasteiger partial charge in [-0.25, -0.2) is 13.1 Å². The lowest BCUT2D eigenvalue weighted by molar-refractivity contribution is 0.0935. The second-order valence-corrected chi connectivity index (χ2v) is 8.07. The molecule has 2 aromatic carbocycles. The molecule has 148 valence electrons. The summed E-state index contributed by atoms with van der Waals surface area (Å²) in [6.45, 7) is 4.21. The Bertz CT molecular complexity index is 1100. The van der Waals surface area contributed by atoms with E-state index in [0.29, 0.717) is 23.7 Å². The summed E-state index contributed by atoms with van der Waals surface area (Å²) in [5, 5.41) is 3.71. The fourth-order valence-electron chi connectivity index (χ4n) is 2.81. The van der Waals surface area contributed by atoms with Gasteiger partial charge in [-0.15, -0.1) is 0 Å². The van der Waals surface area contributed by atoms with Crippen molar-refractivity contribution in [1.29, 1.82) is 0 Å². The Morgan fingerprint density at radius 1 is 1.18 bits per heavy atom. The number of carbonyl (C=O) groups excluding carboxylic acids is 1. The van der Waals surface area contributed by atoms with Crippen molar-refractivity contribution in [1.82, 2.24) is 10.0 Å². The molecule has 3 aromatic rings. The minimum atomic E-state index is -3.62. The summed E-state index contributed by atoms with van der Waals surface area (Å²) in [6, 6.07) is 12.9. The van der Waals surface area contributed by atoms with Crippen LogP contribution in [0.4, 0.5) is 0 Å². The largest absolute Gasteiger partial charge is 0.490 e. The Labute approximate surface area is 163 Å². The molecule has 8 heteroatoms. The van der Waals surface area contributed by atoms with Crippen molar-refractivity contribution in [3.05, 3.63) is 59.9 Å². The van der Waals surface area contributed by atoms with E-state index in [1.807, 2.05) is 31.2 Å². The van der Waals surface area contributed by atoms with Crippen molar-refractivity contribution >= 4 is 26.9 Å². The number of hydrogen-bond donors (Lipinski definition) is 2. The predicted octanol–water partition coefficient (Wildman–Crippen LogP) is 3.23. The quantitative estimate of drug-likeness (QED) is 0.632. The van der Waals surface area contributed by atoms with Crippen LogP contribution in [-0.2, 0) is 10.0 Å². The van der Waals surface area contributed by atoms with E-state index in [2.05, 4.69) is 10.0 Å². The molecule has 7 nitrogen and oxygen atoms in total. The van der Waals surface area contributed by atoms with Gasteiger partial charge in [0.25, 0.3) is 5.91 Å². The molecule has 1 heterocycles. The Morgan fingerprint density at radius 3 is 2.64 bits per heavy atom. The number of furan rings is 1. The number of fused-ring (bicyclic) bond motifs is 1. The number of ether oxygens (including phenoxy) is 1. The molecule has 0 radical (unpaired) electrons. The minimum Gasteiger partial charge on any atom is -0.490 e. The first-order chi connectivity index (χ1) is 13.4. The number of nitrogens with one attached hydrogen (secondary N) is 2. The fraction of sp³-hybridized carbons (Fsp3) is 0.250. The number of benzene rings is 2. The van der Waals surface area contributed by atoms with Crippen molar-refractivity contribution in [2.24, 2.45) is 0 Å². The second kappa shape index (κ2) is 8.04. The SMILES string of the molecule is CCOc1cccc2cc([C@H](C)NC(=O)c3cccc(S(=O)(=O)NC)c3)oc12. The topological polar surface area (TPSA) is 97.6 Å². The zero-order chi connectivity index (χ0) is 20.3. The normalized spacial score (nSPS) is 12.7. The van der Waals surface area contributed by atoms with Gasteiger partial charge in [0.15, 0.2) is 11.3 Å². The van der Waals surface area contributed by atoms with Crippen LogP contribution in [0.5, 0.6) is 5.75 Å². The van der Waals surface area contributed by atoms with Crippen LogP contribution in [0.3, 0.4) is 0 Å². The molecule has 0 bridgehead atoms. The molecule has 0 spiro atoms. The number of rotatable bonds is 7. The van der Waals surface area contributed by atoms with E-state index in [9.17, 15) is 13.2 Å². The van der Waals surface area contributed by atoms with Crippen molar-refractivity contribution < 1.29 is 22.4 Å². The molecule has 0 saturated carbocycles. The molecule has 0 aliphatic carbocycles. The number of sulfonamides is 1. The first kappa shape index (κ1) is 19.9. The monoisotopic (exact) mass is 402 g/mol. The van der Waals surface area contributed by atoms with Gasteiger partial charge in [-0.3, -0.25) is 4.79 Å². The maximum atomic E-state index is 12.6. The van der Waals surface area contributed by atoms with Crippen molar-refractivity contribution in [3.63, 3.8) is 0 Å². The average Bonchev–Trinajstić information content (AvgIpc) is 3.14. The van der Waals surface area contributed by atoms with Gasteiger partial charge in [0.05, 0.1) is 17.5 Å². The number of para-hydroxylation sites is 1. The molecule has 2 N–H and O–H groups in total. The third-order valence-corrected chi connectivity index (χ3v) is 5.69. The molecule has 0 fully saturated rings. The summed E-state index contributed by atoms with van der Waals surface area (Å²) >= 11 is 0. The Balaban J connectivity index is 1.82. The van der Waals surface area contributed by atoms with Crippen LogP contribution in [0.1, 0.15) is 36.0 Å². The van der Waals surface area contributed by atoms with Crippen LogP contribution in [-0.4, -0.2) is 28.0 Å². The van der Waals surface area contributed by atoms with Gasteiger partial charge in [0.1, 0.15) is 5.76 Å². The van der Waals surface area contributed by atoms with Gasteiger partial charge in [-0.1, -0.05) is 18.2 Å². The van der Waals surface area contributed by atoms with E-state index < -0.39 is 22.0 Å². The average molecular weight is 402 g/mol. The van der Waals surface area contributed by atoms with Crippen LogP contribution in [0.15, 0.2) is 57.8 Å². The number of amides is 1. The summed E-state index contributed by atoms with van der Waals surface area (Å²) in [5.41, 5.74) is 0.872. The van der Waals surface area contributed by atoms with Crippen LogP contribution >= 0.6 is 0 Å². The van der Waals surface area contributed by atoms with E-state index in [4.69, 9.17) is 9.15 Å². The lowest BCUT2D eigenvalue weighted by atomic mass is 10.1. The number of carbonyl (C=O) groups is 1. The minimum absolute atomic E-state index is 0.0281. The van der Waals surface area contributed by atoms with E-state index in [-0.39, 0.29) is 10.5 Å². The Hall–Kier alpha value is -2.84. The summed E-state index contributed by atoms with van der Waals surface area (Å²) in [4.78, 5) is 12.6. The highest BCUT2D eigenvalue weighted by Crippen LogP contribution is 2.31. The van der Waals surface area contributed by atoms with E-state index in [0.717, 1.165) is 5.39 Å². The van der Waals surface area contributed by atoms with Gasteiger partial charge in [0, 0.05) is 10.9 Å². The van der Waals surface area contributed by atoms with Crippen molar-refractivity contribution in [3.8, 4) is 5.75 Å². The maximum absolute atomic E-state index is 12.6. The summed E-state index contributed by atoms with van der Waals surface area (Å²) in [5.74, 6) is 0.829. The predicted molar refractivity (Wildman–Crippen MR) is 106 cm³/mol. The second-order valence-electron chi connectivity index (χ2n) is 6.19. The Kier molecular flexibility index (Phi) is 5.71. The zero-order valence-electron chi connectivity index (χ0n) is 15.9. The van der Waals surface area contributed by atoms with Gasteiger partial charge in [-0.05, 0) is 51.2 Å². The molecular formula is C20H22N2O5S. The van der Waals surface area contributed by atoms with Crippen LogP contribution in [0.25, 0.3) is 11.0 Å². The molecule has 3 rings (SSSR count). The zero-order valence-corrected chi connectivity index (χ0v) is 16.7. The molecule has 1 amide bonds. The molecule has 0 saturated heterocycles. The summed E-state index contributed by atoms with van der Waals surface area (Å²) in [7, 11) is -2.30. The van der Waals surface area contributed by atoms with Crippen LogP contribution in [0.2, 0.25) is 0 Å². The molecular weight excluding hydrogens is 380 g/mol. The molecule has 0 aliphatic heterocycles. The maximum Gasteiger partial charge on any atom is 0.251 e. The van der Waals surface area contributed by atoms with Crippen molar-refractivity contribution in [2.45, 2.75) is 24.8 Å². The highest BCUT2D eigenvalue weighted by molar-refractivity contribution is 7.89. The van der Waals surface area contributed by atoms with Gasteiger partial charge < -0.3 is 14.5 Å². The van der Waals surface area contributed by atoms with Crippen molar-refractivity contribution in [2.75, 3.05) is 13.7 Å². The molecule has 28 heavy (non-hydrogen) atoms. The third-order valence-electron chi connectivity index (χ3n) is 4.28. The highest BCUT2D eigenvalue weighted by atomic mass is 32.2.